The van der Waals surface area contributed by atoms with Gasteiger partial charge in [0.15, 0.2) is 0 Å². The molecule has 0 aromatic carbocycles. The van der Waals surface area contributed by atoms with Crippen molar-refractivity contribution in [2.45, 2.75) is 38.0 Å². The van der Waals surface area contributed by atoms with Gasteiger partial charge in [-0.2, -0.15) is 4.98 Å². The van der Waals surface area contributed by atoms with Crippen LogP contribution in [-0.4, -0.2) is 23.1 Å². The lowest BCUT2D eigenvalue weighted by Crippen LogP contribution is -2.18. The molecule has 0 radical (unpaired) electrons. The maximum Gasteiger partial charge on any atom is 0.345 e. The molecule has 4 N–H and O–H groups in total. The molecule has 1 heterocycles. The zero-order valence-electron chi connectivity index (χ0n) is 10.0. The molecule has 1 aliphatic rings. The summed E-state index contributed by atoms with van der Waals surface area (Å²) >= 11 is 0. The van der Waals surface area contributed by atoms with Crippen LogP contribution in [0.25, 0.3) is 0 Å². The predicted molar refractivity (Wildman–Crippen MR) is 68.2 cm³/mol. The Kier molecular flexibility index (Phi) is 4.14. The minimum atomic E-state index is -0.253. The van der Waals surface area contributed by atoms with Gasteiger partial charge in [-0.25, -0.2) is 4.79 Å². The number of anilines is 1. The van der Waals surface area contributed by atoms with E-state index in [-0.39, 0.29) is 5.69 Å². The summed E-state index contributed by atoms with van der Waals surface area (Å²) in [4.78, 5) is 18.0. The van der Waals surface area contributed by atoms with E-state index in [9.17, 15) is 4.79 Å². The van der Waals surface area contributed by atoms with Crippen molar-refractivity contribution in [1.29, 1.82) is 0 Å². The zero-order valence-corrected chi connectivity index (χ0v) is 10.0. The van der Waals surface area contributed by atoms with Crippen LogP contribution in [0.5, 0.6) is 0 Å². The van der Waals surface area contributed by atoms with Crippen LogP contribution in [0.3, 0.4) is 0 Å². The lowest BCUT2D eigenvalue weighted by molar-refractivity contribution is 0.689. The molecular formula is C12H20N4O. The molecule has 1 fully saturated rings. The molecule has 1 aliphatic carbocycles. The van der Waals surface area contributed by atoms with Crippen molar-refractivity contribution >= 4 is 5.69 Å². The Hall–Kier alpha value is -1.36. The van der Waals surface area contributed by atoms with Crippen molar-refractivity contribution < 1.29 is 0 Å². The van der Waals surface area contributed by atoms with Gasteiger partial charge >= 0.3 is 5.69 Å². The quantitative estimate of drug-likeness (QED) is 0.670. The first kappa shape index (κ1) is 12.1. The van der Waals surface area contributed by atoms with E-state index in [1.807, 2.05) is 0 Å². The van der Waals surface area contributed by atoms with Gasteiger partial charge in [-0.05, 0) is 25.8 Å². The summed E-state index contributed by atoms with van der Waals surface area (Å²) in [6.07, 6.45) is 7.37. The van der Waals surface area contributed by atoms with E-state index in [2.05, 4.69) is 15.3 Å². The first-order valence-corrected chi connectivity index (χ1v) is 6.34. The second-order valence-corrected chi connectivity index (χ2v) is 4.57. The Morgan fingerprint density at radius 2 is 2.24 bits per heavy atom. The number of nitrogens with two attached hydrogens (primary N) is 1. The van der Waals surface area contributed by atoms with Crippen LogP contribution in [0.1, 0.15) is 43.7 Å². The summed E-state index contributed by atoms with van der Waals surface area (Å²) in [7, 11) is 0. The summed E-state index contributed by atoms with van der Waals surface area (Å²) in [5, 5.41) is 3.31. The zero-order chi connectivity index (χ0) is 12.1. The largest absolute Gasteiger partial charge is 0.382 e. The summed E-state index contributed by atoms with van der Waals surface area (Å²) < 4.78 is 0. The lowest BCUT2D eigenvalue weighted by atomic mass is 10.0. The van der Waals surface area contributed by atoms with E-state index in [4.69, 9.17) is 5.73 Å². The van der Waals surface area contributed by atoms with E-state index < -0.39 is 0 Å². The maximum atomic E-state index is 11.3. The van der Waals surface area contributed by atoms with Gasteiger partial charge in [0.2, 0.25) is 0 Å². The fraction of sp³-hybridized carbons (Fsp3) is 0.667. The highest BCUT2D eigenvalue weighted by Crippen LogP contribution is 2.35. The minimum Gasteiger partial charge on any atom is -0.382 e. The van der Waals surface area contributed by atoms with Crippen LogP contribution in [0.15, 0.2) is 11.0 Å². The number of rotatable bonds is 5. The van der Waals surface area contributed by atoms with Crippen molar-refractivity contribution in [3.8, 4) is 0 Å². The molecule has 17 heavy (non-hydrogen) atoms. The van der Waals surface area contributed by atoms with E-state index >= 15 is 0 Å². The van der Waals surface area contributed by atoms with Crippen LogP contribution in [0, 0.1) is 0 Å². The van der Waals surface area contributed by atoms with Crippen LogP contribution in [0.4, 0.5) is 5.69 Å². The molecule has 5 nitrogen and oxygen atoms in total. The van der Waals surface area contributed by atoms with Crippen molar-refractivity contribution in [2.75, 3.05) is 18.4 Å². The first-order chi connectivity index (χ1) is 8.31. The number of H-pyrrole nitrogens is 1. The number of nitrogens with zero attached hydrogens (tertiary/aromatic N) is 1. The van der Waals surface area contributed by atoms with Crippen LogP contribution in [0.2, 0.25) is 0 Å². The lowest BCUT2D eigenvalue weighted by Gasteiger charge is -2.15. The fourth-order valence-electron chi connectivity index (χ4n) is 2.41. The molecule has 1 aromatic heterocycles. The Morgan fingerprint density at radius 1 is 1.47 bits per heavy atom. The second kappa shape index (κ2) is 5.82. The van der Waals surface area contributed by atoms with E-state index in [0.29, 0.717) is 12.5 Å². The Bertz CT molecular complexity index is 409. The molecule has 0 bridgehead atoms. The molecule has 94 valence electrons. The highest BCUT2D eigenvalue weighted by Gasteiger charge is 2.20. The Balaban J connectivity index is 2.15. The van der Waals surface area contributed by atoms with Gasteiger partial charge in [0, 0.05) is 18.2 Å². The third-order valence-electron chi connectivity index (χ3n) is 3.30. The predicted octanol–water partition coefficient (Wildman–Crippen LogP) is 1.19. The topological polar surface area (TPSA) is 83.8 Å². The number of aromatic nitrogens is 2. The van der Waals surface area contributed by atoms with Crippen molar-refractivity contribution in [2.24, 2.45) is 5.73 Å². The van der Waals surface area contributed by atoms with Gasteiger partial charge in [0.05, 0.1) is 11.9 Å². The van der Waals surface area contributed by atoms with Gasteiger partial charge in [0.25, 0.3) is 0 Å². The molecular weight excluding hydrogens is 216 g/mol. The SMILES string of the molecule is NCCCNc1cnc(=O)[nH]c1C1CCCC1. The average molecular weight is 236 g/mol. The van der Waals surface area contributed by atoms with Crippen molar-refractivity contribution in [3.63, 3.8) is 0 Å². The number of nitrogens with one attached hydrogen (secondary N) is 2. The van der Waals surface area contributed by atoms with Crippen molar-refractivity contribution in [3.05, 3.63) is 22.4 Å². The van der Waals surface area contributed by atoms with Crippen LogP contribution >= 0.6 is 0 Å². The van der Waals surface area contributed by atoms with Gasteiger partial charge in [-0.3, -0.25) is 0 Å². The third kappa shape index (κ3) is 3.06. The smallest absolute Gasteiger partial charge is 0.345 e. The Morgan fingerprint density at radius 3 is 2.94 bits per heavy atom. The normalized spacial score (nSPS) is 16.3. The number of hydrogen-bond donors (Lipinski definition) is 3. The van der Waals surface area contributed by atoms with Gasteiger partial charge in [-0.1, -0.05) is 12.8 Å². The molecule has 0 atom stereocenters. The first-order valence-electron chi connectivity index (χ1n) is 6.34. The van der Waals surface area contributed by atoms with Crippen LogP contribution < -0.4 is 16.7 Å². The molecule has 0 aliphatic heterocycles. The average Bonchev–Trinajstić information content (AvgIpc) is 2.85. The Labute approximate surface area is 101 Å². The standard InChI is InChI=1S/C12H20N4O/c13-6-3-7-14-10-8-15-12(17)16-11(10)9-4-1-2-5-9/h8-9,14H,1-7,13H2,(H,15,16,17). The maximum absolute atomic E-state index is 11.3. The highest BCUT2D eigenvalue weighted by atomic mass is 16.1. The van der Waals surface area contributed by atoms with E-state index in [1.54, 1.807) is 6.20 Å². The third-order valence-corrected chi connectivity index (χ3v) is 3.30. The molecule has 5 heteroatoms. The van der Waals surface area contributed by atoms with Crippen molar-refractivity contribution in [1.82, 2.24) is 9.97 Å². The summed E-state index contributed by atoms with van der Waals surface area (Å²) in [6, 6.07) is 0. The summed E-state index contributed by atoms with van der Waals surface area (Å²) in [5.41, 5.74) is 7.20. The molecule has 0 unspecified atom stereocenters. The highest BCUT2D eigenvalue weighted by molar-refractivity contribution is 5.47. The molecule has 0 spiro atoms. The molecule has 1 saturated carbocycles. The molecule has 2 rings (SSSR count). The van der Waals surface area contributed by atoms with E-state index in [0.717, 1.165) is 37.2 Å². The minimum absolute atomic E-state index is 0.253. The van der Waals surface area contributed by atoms with Gasteiger partial charge < -0.3 is 16.0 Å². The van der Waals surface area contributed by atoms with Gasteiger partial charge in [0.1, 0.15) is 0 Å². The number of hydrogen-bond acceptors (Lipinski definition) is 4. The molecule has 0 saturated heterocycles. The monoisotopic (exact) mass is 236 g/mol. The fourth-order valence-corrected chi connectivity index (χ4v) is 2.41. The summed E-state index contributed by atoms with van der Waals surface area (Å²) in [6.45, 7) is 1.49. The van der Waals surface area contributed by atoms with Gasteiger partial charge in [-0.15, -0.1) is 0 Å². The second-order valence-electron chi connectivity index (χ2n) is 4.57. The molecule has 1 aromatic rings. The summed E-state index contributed by atoms with van der Waals surface area (Å²) in [5.74, 6) is 0.478. The van der Waals surface area contributed by atoms with Crippen LogP contribution in [-0.2, 0) is 0 Å². The molecule has 0 amide bonds. The number of aromatic amines is 1. The van der Waals surface area contributed by atoms with E-state index in [1.165, 1.54) is 12.8 Å².